The number of nitrogens with zero attached hydrogens (tertiary/aromatic N) is 1. The highest BCUT2D eigenvalue weighted by molar-refractivity contribution is 5.45. The summed E-state index contributed by atoms with van der Waals surface area (Å²) in [5.74, 6) is 1.55. The predicted molar refractivity (Wildman–Crippen MR) is 80.2 cm³/mol. The standard InChI is InChI=1S/C16H26N2O/c1-12-9-13(2)16(15(10-12)19-4)14(3)11-18-7-5-17-6-8-18/h9-10,14,17H,5-8,11H2,1-4H3. The molecule has 106 valence electrons. The molecule has 1 aromatic rings. The van der Waals surface area contributed by atoms with E-state index in [2.05, 4.69) is 43.1 Å². The number of nitrogens with one attached hydrogen (secondary N) is 1. The Balaban J connectivity index is 2.15. The van der Waals surface area contributed by atoms with Crippen molar-refractivity contribution in [1.29, 1.82) is 0 Å². The van der Waals surface area contributed by atoms with Crippen LogP contribution in [0.15, 0.2) is 12.1 Å². The fraction of sp³-hybridized carbons (Fsp3) is 0.625. The summed E-state index contributed by atoms with van der Waals surface area (Å²) in [7, 11) is 1.77. The fourth-order valence-electron chi connectivity index (χ4n) is 3.11. The molecule has 2 rings (SSSR count). The molecule has 1 aliphatic rings. The molecule has 1 heterocycles. The van der Waals surface area contributed by atoms with Crippen LogP contribution in [-0.2, 0) is 0 Å². The zero-order valence-electron chi connectivity index (χ0n) is 12.6. The zero-order valence-corrected chi connectivity index (χ0v) is 12.6. The van der Waals surface area contributed by atoms with Gasteiger partial charge in [-0.25, -0.2) is 0 Å². The summed E-state index contributed by atoms with van der Waals surface area (Å²) < 4.78 is 5.59. The van der Waals surface area contributed by atoms with Gasteiger partial charge in [-0.05, 0) is 37.0 Å². The Morgan fingerprint density at radius 2 is 1.95 bits per heavy atom. The number of aryl methyl sites for hydroxylation is 2. The van der Waals surface area contributed by atoms with E-state index in [9.17, 15) is 0 Å². The van der Waals surface area contributed by atoms with E-state index in [0.717, 1.165) is 38.5 Å². The molecule has 1 atom stereocenters. The van der Waals surface area contributed by atoms with E-state index in [1.807, 2.05) is 0 Å². The zero-order chi connectivity index (χ0) is 13.8. The number of methoxy groups -OCH3 is 1. The van der Waals surface area contributed by atoms with Gasteiger partial charge >= 0.3 is 0 Å². The SMILES string of the molecule is COc1cc(C)cc(C)c1C(C)CN1CCNCC1. The van der Waals surface area contributed by atoms with Crippen LogP contribution < -0.4 is 10.1 Å². The molecule has 0 aromatic heterocycles. The van der Waals surface area contributed by atoms with Gasteiger partial charge in [0, 0.05) is 38.3 Å². The normalized spacial score (nSPS) is 18.3. The highest BCUT2D eigenvalue weighted by Gasteiger charge is 2.19. The number of ether oxygens (including phenoxy) is 1. The first kappa shape index (κ1) is 14.4. The molecule has 3 nitrogen and oxygen atoms in total. The Hall–Kier alpha value is -1.06. The van der Waals surface area contributed by atoms with Crippen molar-refractivity contribution in [2.75, 3.05) is 39.8 Å². The van der Waals surface area contributed by atoms with E-state index in [0.29, 0.717) is 5.92 Å². The average molecular weight is 262 g/mol. The summed E-state index contributed by atoms with van der Waals surface area (Å²) in [6, 6.07) is 4.41. The second-order valence-corrected chi connectivity index (χ2v) is 5.65. The molecule has 1 N–H and O–H groups in total. The lowest BCUT2D eigenvalue weighted by Gasteiger charge is -2.30. The third-order valence-electron chi connectivity index (χ3n) is 3.95. The van der Waals surface area contributed by atoms with E-state index in [-0.39, 0.29) is 0 Å². The van der Waals surface area contributed by atoms with Gasteiger partial charge < -0.3 is 15.0 Å². The van der Waals surface area contributed by atoms with Crippen LogP contribution in [0.4, 0.5) is 0 Å². The molecular formula is C16H26N2O. The summed E-state index contributed by atoms with van der Waals surface area (Å²) in [6.45, 7) is 12.3. The Labute approximate surface area is 116 Å². The maximum atomic E-state index is 5.59. The van der Waals surface area contributed by atoms with Crippen LogP contribution in [0.2, 0.25) is 0 Å². The van der Waals surface area contributed by atoms with Crippen molar-refractivity contribution < 1.29 is 4.74 Å². The van der Waals surface area contributed by atoms with Crippen LogP contribution >= 0.6 is 0 Å². The van der Waals surface area contributed by atoms with Crippen molar-refractivity contribution in [2.24, 2.45) is 0 Å². The smallest absolute Gasteiger partial charge is 0.122 e. The highest BCUT2D eigenvalue weighted by Crippen LogP contribution is 2.31. The topological polar surface area (TPSA) is 24.5 Å². The Morgan fingerprint density at radius 1 is 1.26 bits per heavy atom. The molecule has 0 spiro atoms. The predicted octanol–water partition coefficient (Wildman–Crippen LogP) is 2.32. The first-order valence-corrected chi connectivity index (χ1v) is 7.20. The van der Waals surface area contributed by atoms with Crippen LogP contribution in [0.5, 0.6) is 5.75 Å². The third kappa shape index (κ3) is 3.48. The van der Waals surface area contributed by atoms with Crippen molar-refractivity contribution in [3.05, 3.63) is 28.8 Å². The number of hydrogen-bond donors (Lipinski definition) is 1. The van der Waals surface area contributed by atoms with Crippen molar-refractivity contribution >= 4 is 0 Å². The quantitative estimate of drug-likeness (QED) is 0.901. The lowest BCUT2D eigenvalue weighted by atomic mass is 9.93. The Kier molecular flexibility index (Phi) is 4.83. The number of rotatable bonds is 4. The minimum atomic E-state index is 0.508. The van der Waals surface area contributed by atoms with Gasteiger partial charge in [0.15, 0.2) is 0 Å². The first-order valence-electron chi connectivity index (χ1n) is 7.20. The van der Waals surface area contributed by atoms with Crippen molar-refractivity contribution in [1.82, 2.24) is 10.2 Å². The molecular weight excluding hydrogens is 236 g/mol. The minimum absolute atomic E-state index is 0.508. The molecule has 3 heteroatoms. The number of hydrogen-bond acceptors (Lipinski definition) is 3. The molecule has 1 aromatic carbocycles. The van der Waals surface area contributed by atoms with Gasteiger partial charge in [0.05, 0.1) is 7.11 Å². The largest absolute Gasteiger partial charge is 0.496 e. The third-order valence-corrected chi connectivity index (χ3v) is 3.95. The summed E-state index contributed by atoms with van der Waals surface area (Å²) >= 11 is 0. The molecule has 1 saturated heterocycles. The summed E-state index contributed by atoms with van der Waals surface area (Å²) in [5, 5.41) is 3.40. The van der Waals surface area contributed by atoms with Gasteiger partial charge in [0.25, 0.3) is 0 Å². The maximum absolute atomic E-state index is 5.59. The van der Waals surface area contributed by atoms with Crippen molar-refractivity contribution in [3.8, 4) is 5.75 Å². The first-order chi connectivity index (χ1) is 9.11. The van der Waals surface area contributed by atoms with Gasteiger partial charge in [-0.3, -0.25) is 0 Å². The molecule has 1 unspecified atom stereocenters. The molecule has 0 radical (unpaired) electrons. The van der Waals surface area contributed by atoms with Gasteiger partial charge in [0.1, 0.15) is 5.75 Å². The van der Waals surface area contributed by atoms with Gasteiger partial charge in [-0.15, -0.1) is 0 Å². The lowest BCUT2D eigenvalue weighted by Crippen LogP contribution is -2.44. The average Bonchev–Trinajstić information content (AvgIpc) is 2.38. The van der Waals surface area contributed by atoms with Crippen LogP contribution in [0, 0.1) is 13.8 Å². The maximum Gasteiger partial charge on any atom is 0.122 e. The van der Waals surface area contributed by atoms with Crippen LogP contribution in [0.25, 0.3) is 0 Å². The van der Waals surface area contributed by atoms with E-state index in [1.165, 1.54) is 16.7 Å². The highest BCUT2D eigenvalue weighted by atomic mass is 16.5. The number of benzene rings is 1. The van der Waals surface area contributed by atoms with Crippen LogP contribution in [0.3, 0.4) is 0 Å². The summed E-state index contributed by atoms with van der Waals surface area (Å²) in [6.07, 6.45) is 0. The van der Waals surface area contributed by atoms with Gasteiger partial charge in [-0.1, -0.05) is 13.0 Å². The Morgan fingerprint density at radius 3 is 2.58 bits per heavy atom. The number of piperazine rings is 1. The van der Waals surface area contributed by atoms with E-state index in [4.69, 9.17) is 4.74 Å². The second kappa shape index (κ2) is 6.40. The van der Waals surface area contributed by atoms with E-state index < -0.39 is 0 Å². The molecule has 0 bridgehead atoms. The Bertz CT molecular complexity index is 425. The van der Waals surface area contributed by atoms with Crippen molar-refractivity contribution in [2.45, 2.75) is 26.7 Å². The van der Waals surface area contributed by atoms with Crippen molar-refractivity contribution in [3.63, 3.8) is 0 Å². The van der Waals surface area contributed by atoms with E-state index in [1.54, 1.807) is 7.11 Å². The van der Waals surface area contributed by atoms with Crippen LogP contribution in [0.1, 0.15) is 29.5 Å². The molecule has 0 aliphatic carbocycles. The van der Waals surface area contributed by atoms with Gasteiger partial charge in [0.2, 0.25) is 0 Å². The van der Waals surface area contributed by atoms with Crippen LogP contribution in [-0.4, -0.2) is 44.7 Å². The van der Waals surface area contributed by atoms with Gasteiger partial charge in [-0.2, -0.15) is 0 Å². The molecule has 0 saturated carbocycles. The van der Waals surface area contributed by atoms with E-state index >= 15 is 0 Å². The molecule has 19 heavy (non-hydrogen) atoms. The molecule has 1 aliphatic heterocycles. The molecule has 0 amide bonds. The summed E-state index contributed by atoms with van der Waals surface area (Å²) in [4.78, 5) is 2.54. The summed E-state index contributed by atoms with van der Waals surface area (Å²) in [5.41, 5.74) is 3.98. The fourth-order valence-corrected chi connectivity index (χ4v) is 3.11. The molecule has 1 fully saturated rings. The lowest BCUT2D eigenvalue weighted by molar-refractivity contribution is 0.229. The second-order valence-electron chi connectivity index (χ2n) is 5.65. The minimum Gasteiger partial charge on any atom is -0.496 e. The monoisotopic (exact) mass is 262 g/mol.